The zero-order valence-corrected chi connectivity index (χ0v) is 13.8. The van der Waals surface area contributed by atoms with Crippen LogP contribution < -0.4 is 5.32 Å². The van der Waals surface area contributed by atoms with Crippen molar-refractivity contribution in [3.63, 3.8) is 0 Å². The summed E-state index contributed by atoms with van der Waals surface area (Å²) >= 11 is 1.76. The molecule has 1 aromatic heterocycles. The zero-order chi connectivity index (χ0) is 16.2. The highest BCUT2D eigenvalue weighted by molar-refractivity contribution is 7.19. The lowest BCUT2D eigenvalue weighted by Gasteiger charge is -2.06. The number of rotatable bonds is 5. The van der Waals surface area contributed by atoms with Gasteiger partial charge in [0.2, 0.25) is 5.91 Å². The molecule has 3 aromatic rings. The number of carbonyl (C=O) groups is 1. The molecule has 2 aromatic carbocycles. The third-order valence-corrected chi connectivity index (χ3v) is 5.03. The van der Waals surface area contributed by atoms with Crippen LogP contribution in [0.5, 0.6) is 5.75 Å². The van der Waals surface area contributed by atoms with Gasteiger partial charge in [0.25, 0.3) is 0 Å². The number of amides is 1. The summed E-state index contributed by atoms with van der Waals surface area (Å²) in [6.07, 6.45) is 1.64. The van der Waals surface area contributed by atoms with Gasteiger partial charge in [0, 0.05) is 29.5 Å². The molecule has 1 amide bonds. The van der Waals surface area contributed by atoms with Crippen molar-refractivity contribution in [2.24, 2.45) is 0 Å². The summed E-state index contributed by atoms with van der Waals surface area (Å²) in [7, 11) is 0. The van der Waals surface area contributed by atoms with E-state index in [1.807, 2.05) is 30.3 Å². The topological polar surface area (TPSA) is 49.3 Å². The fourth-order valence-electron chi connectivity index (χ4n) is 2.75. The Morgan fingerprint density at radius 2 is 1.96 bits per heavy atom. The maximum Gasteiger partial charge on any atom is 0.216 e. The molecule has 3 nitrogen and oxygen atoms in total. The van der Waals surface area contributed by atoms with E-state index >= 15 is 0 Å². The van der Waals surface area contributed by atoms with E-state index in [0.29, 0.717) is 6.54 Å². The predicted molar refractivity (Wildman–Crippen MR) is 95.1 cm³/mol. The number of benzene rings is 2. The molecule has 0 atom stereocenters. The van der Waals surface area contributed by atoms with Crippen LogP contribution in [0, 0.1) is 0 Å². The van der Waals surface area contributed by atoms with Gasteiger partial charge in [-0.2, -0.15) is 0 Å². The van der Waals surface area contributed by atoms with Crippen LogP contribution in [-0.4, -0.2) is 17.6 Å². The monoisotopic (exact) mass is 325 g/mol. The molecule has 3 rings (SSSR count). The minimum Gasteiger partial charge on any atom is -0.508 e. The number of phenols is 1. The molecule has 0 aliphatic heterocycles. The third kappa shape index (κ3) is 3.71. The largest absolute Gasteiger partial charge is 0.508 e. The van der Waals surface area contributed by atoms with Gasteiger partial charge in [-0.15, -0.1) is 11.3 Å². The Hall–Kier alpha value is -2.33. The molecular formula is C19H19NO2S. The highest BCUT2D eigenvalue weighted by Gasteiger charge is 2.13. The van der Waals surface area contributed by atoms with Crippen molar-refractivity contribution < 1.29 is 9.90 Å². The molecule has 23 heavy (non-hydrogen) atoms. The quantitative estimate of drug-likeness (QED) is 0.748. The first-order valence-corrected chi connectivity index (χ1v) is 8.47. The lowest BCUT2D eigenvalue weighted by molar-refractivity contribution is -0.118. The second-order valence-electron chi connectivity index (χ2n) is 5.58. The SMILES string of the molecule is CC(=O)NCCc1c(Cc2ccccc2)sc2ccc(O)cc12. The summed E-state index contributed by atoms with van der Waals surface area (Å²) in [4.78, 5) is 12.4. The van der Waals surface area contributed by atoms with Crippen LogP contribution in [-0.2, 0) is 17.6 Å². The Morgan fingerprint density at radius 1 is 1.17 bits per heavy atom. The summed E-state index contributed by atoms with van der Waals surface area (Å²) in [5.41, 5.74) is 2.49. The van der Waals surface area contributed by atoms with E-state index in [0.717, 1.165) is 18.2 Å². The molecule has 1 heterocycles. The normalized spacial score (nSPS) is 10.8. The van der Waals surface area contributed by atoms with Crippen LogP contribution in [0.2, 0.25) is 0 Å². The van der Waals surface area contributed by atoms with Crippen LogP contribution in [0.1, 0.15) is 22.9 Å². The number of hydrogen-bond donors (Lipinski definition) is 2. The van der Waals surface area contributed by atoms with E-state index < -0.39 is 0 Å². The lowest BCUT2D eigenvalue weighted by atomic mass is 10.0. The fourth-order valence-corrected chi connectivity index (χ4v) is 4.02. The van der Waals surface area contributed by atoms with E-state index in [2.05, 4.69) is 17.4 Å². The zero-order valence-electron chi connectivity index (χ0n) is 13.0. The van der Waals surface area contributed by atoms with Crippen molar-refractivity contribution in [3.8, 4) is 5.75 Å². The number of carbonyl (C=O) groups excluding carboxylic acids is 1. The number of thiophene rings is 1. The molecule has 0 saturated heterocycles. The number of nitrogens with one attached hydrogen (secondary N) is 1. The summed E-state index contributed by atoms with van der Waals surface area (Å²) in [5, 5.41) is 13.7. The van der Waals surface area contributed by atoms with Crippen molar-refractivity contribution in [2.45, 2.75) is 19.8 Å². The van der Waals surface area contributed by atoms with Crippen molar-refractivity contribution in [2.75, 3.05) is 6.54 Å². The molecule has 4 heteroatoms. The van der Waals surface area contributed by atoms with Crippen molar-refractivity contribution in [3.05, 3.63) is 64.5 Å². The molecular weight excluding hydrogens is 306 g/mol. The van der Waals surface area contributed by atoms with Gasteiger partial charge in [0.1, 0.15) is 5.75 Å². The van der Waals surface area contributed by atoms with Gasteiger partial charge in [-0.25, -0.2) is 0 Å². The molecule has 0 bridgehead atoms. The maximum atomic E-state index is 11.1. The van der Waals surface area contributed by atoms with Crippen LogP contribution in [0.3, 0.4) is 0 Å². The first kappa shape index (κ1) is 15.6. The first-order valence-electron chi connectivity index (χ1n) is 7.65. The third-order valence-electron chi connectivity index (χ3n) is 3.81. The average molecular weight is 325 g/mol. The van der Waals surface area contributed by atoms with Gasteiger partial charge in [-0.3, -0.25) is 4.79 Å². The van der Waals surface area contributed by atoms with Crippen LogP contribution in [0.4, 0.5) is 0 Å². The van der Waals surface area contributed by atoms with Crippen molar-refractivity contribution in [1.29, 1.82) is 0 Å². The molecule has 0 radical (unpaired) electrons. The van der Waals surface area contributed by atoms with Gasteiger partial charge in [0.05, 0.1) is 0 Å². The summed E-state index contributed by atoms with van der Waals surface area (Å²) in [6, 6.07) is 15.9. The predicted octanol–water partition coefficient (Wildman–Crippen LogP) is 3.88. The second-order valence-corrected chi connectivity index (χ2v) is 6.72. The number of hydrogen-bond acceptors (Lipinski definition) is 3. The fraction of sp³-hybridized carbons (Fsp3) is 0.211. The minimum absolute atomic E-state index is 0.0167. The summed E-state index contributed by atoms with van der Waals surface area (Å²) in [5.74, 6) is 0.263. The smallest absolute Gasteiger partial charge is 0.216 e. The van der Waals surface area contributed by atoms with Crippen LogP contribution >= 0.6 is 11.3 Å². The molecule has 0 saturated carbocycles. The molecule has 0 aliphatic carbocycles. The van der Waals surface area contributed by atoms with E-state index in [1.54, 1.807) is 17.4 Å². The highest BCUT2D eigenvalue weighted by atomic mass is 32.1. The number of aromatic hydroxyl groups is 1. The second kappa shape index (κ2) is 6.84. The standard InChI is InChI=1S/C19H19NO2S/c1-13(21)20-10-9-16-17-12-15(22)7-8-18(17)23-19(16)11-14-5-3-2-4-6-14/h2-8,12,22H,9-11H2,1H3,(H,20,21). The molecule has 0 spiro atoms. The van der Waals surface area contributed by atoms with E-state index in [-0.39, 0.29) is 11.7 Å². The van der Waals surface area contributed by atoms with Gasteiger partial charge in [-0.1, -0.05) is 30.3 Å². The Morgan fingerprint density at radius 3 is 2.70 bits per heavy atom. The van der Waals surface area contributed by atoms with Crippen molar-refractivity contribution in [1.82, 2.24) is 5.32 Å². The Labute approximate surface area is 139 Å². The number of phenolic OH excluding ortho intramolecular Hbond substituents is 1. The van der Waals surface area contributed by atoms with Gasteiger partial charge < -0.3 is 10.4 Å². The van der Waals surface area contributed by atoms with E-state index in [4.69, 9.17) is 0 Å². The summed E-state index contributed by atoms with van der Waals surface area (Å²) in [6.45, 7) is 2.14. The molecule has 0 fully saturated rings. The Bertz CT molecular complexity index is 824. The molecule has 0 aliphatic rings. The average Bonchev–Trinajstić information content (AvgIpc) is 2.85. The first-order chi connectivity index (χ1) is 11.1. The summed E-state index contributed by atoms with van der Waals surface area (Å²) < 4.78 is 1.17. The molecule has 0 unspecified atom stereocenters. The van der Waals surface area contributed by atoms with Gasteiger partial charge in [0.15, 0.2) is 0 Å². The van der Waals surface area contributed by atoms with E-state index in [1.165, 1.54) is 27.6 Å². The lowest BCUT2D eigenvalue weighted by Crippen LogP contribution is -2.22. The molecule has 2 N–H and O–H groups in total. The Balaban J connectivity index is 1.96. The number of fused-ring (bicyclic) bond motifs is 1. The van der Waals surface area contributed by atoms with Crippen LogP contribution in [0.25, 0.3) is 10.1 Å². The van der Waals surface area contributed by atoms with Crippen molar-refractivity contribution >= 4 is 27.3 Å². The van der Waals surface area contributed by atoms with Gasteiger partial charge >= 0.3 is 0 Å². The van der Waals surface area contributed by atoms with Crippen LogP contribution in [0.15, 0.2) is 48.5 Å². The maximum absolute atomic E-state index is 11.1. The minimum atomic E-state index is -0.0167. The Kier molecular flexibility index (Phi) is 4.63. The highest BCUT2D eigenvalue weighted by Crippen LogP contribution is 2.35. The van der Waals surface area contributed by atoms with Gasteiger partial charge in [-0.05, 0) is 41.1 Å². The molecule has 118 valence electrons. The van der Waals surface area contributed by atoms with E-state index in [9.17, 15) is 9.90 Å².